The maximum atomic E-state index is 12.4. The topological polar surface area (TPSA) is 95.7 Å². The molecule has 0 atom stereocenters. The fourth-order valence-electron chi connectivity index (χ4n) is 3.39. The lowest BCUT2D eigenvalue weighted by Gasteiger charge is -2.08. The van der Waals surface area contributed by atoms with E-state index in [0.29, 0.717) is 12.1 Å². The molecule has 1 aromatic heterocycles. The number of aromatic nitrogens is 1. The van der Waals surface area contributed by atoms with Crippen molar-refractivity contribution in [3.63, 3.8) is 0 Å². The lowest BCUT2D eigenvalue weighted by Crippen LogP contribution is -2.17. The van der Waals surface area contributed by atoms with E-state index in [-0.39, 0.29) is 17.6 Å². The van der Waals surface area contributed by atoms with Crippen molar-refractivity contribution in [1.82, 2.24) is 9.99 Å². The van der Waals surface area contributed by atoms with Gasteiger partial charge in [-0.3, -0.25) is 14.2 Å². The molecule has 7 nitrogen and oxygen atoms in total. The maximum Gasteiger partial charge on any atom is 0.271 e. The van der Waals surface area contributed by atoms with E-state index in [2.05, 4.69) is 15.8 Å². The zero-order valence-corrected chi connectivity index (χ0v) is 17.4. The number of aromatic hydroxyl groups is 1. The first-order valence-electron chi connectivity index (χ1n) is 10.1. The minimum absolute atomic E-state index is 0.0962. The molecular formula is C25H22N4O3. The SMILES string of the molecule is CC(=O)n1cc(/C=N/NC(=O)c2ccc(NCc3ccccc3O)cc2)c2ccccc21. The number of rotatable bonds is 6. The van der Waals surface area contributed by atoms with E-state index >= 15 is 0 Å². The second-order valence-corrected chi connectivity index (χ2v) is 7.25. The van der Waals surface area contributed by atoms with Gasteiger partial charge in [-0.25, -0.2) is 5.43 Å². The molecule has 0 aliphatic carbocycles. The summed E-state index contributed by atoms with van der Waals surface area (Å²) in [5.74, 6) is -0.204. The predicted octanol–water partition coefficient (Wildman–Crippen LogP) is 4.38. The molecule has 0 unspecified atom stereocenters. The van der Waals surface area contributed by atoms with Gasteiger partial charge in [0.05, 0.1) is 11.7 Å². The normalized spacial score (nSPS) is 11.0. The number of phenolic OH excluding ortho intramolecular Hbond substituents is 1. The molecule has 3 aromatic carbocycles. The van der Waals surface area contributed by atoms with E-state index in [1.54, 1.807) is 47.2 Å². The number of benzene rings is 3. The van der Waals surface area contributed by atoms with Crippen molar-refractivity contribution in [3.8, 4) is 5.75 Å². The zero-order chi connectivity index (χ0) is 22.5. The summed E-state index contributed by atoms with van der Waals surface area (Å²) in [6.45, 7) is 1.96. The quantitative estimate of drug-likeness (QED) is 0.315. The summed E-state index contributed by atoms with van der Waals surface area (Å²) >= 11 is 0. The number of carbonyl (C=O) groups excluding carboxylic acids is 2. The Morgan fingerprint density at radius 1 is 1.00 bits per heavy atom. The summed E-state index contributed by atoms with van der Waals surface area (Å²) in [4.78, 5) is 24.3. The molecule has 4 rings (SSSR count). The number of hydrogen-bond donors (Lipinski definition) is 3. The van der Waals surface area contributed by atoms with Gasteiger partial charge in [0.1, 0.15) is 5.75 Å². The molecule has 0 radical (unpaired) electrons. The van der Waals surface area contributed by atoms with Gasteiger partial charge >= 0.3 is 0 Å². The van der Waals surface area contributed by atoms with E-state index in [1.165, 1.54) is 13.1 Å². The lowest BCUT2D eigenvalue weighted by molar-refractivity contribution is 0.0937. The number of fused-ring (bicyclic) bond motifs is 1. The molecule has 0 saturated carbocycles. The van der Waals surface area contributed by atoms with Crippen LogP contribution in [0.15, 0.2) is 84.1 Å². The Labute approximate surface area is 185 Å². The van der Waals surface area contributed by atoms with Gasteiger partial charge in [-0.05, 0) is 36.4 Å². The largest absolute Gasteiger partial charge is 0.508 e. The van der Waals surface area contributed by atoms with Gasteiger partial charge in [0, 0.05) is 47.4 Å². The number of nitrogens with zero attached hydrogens (tertiary/aromatic N) is 2. The number of amides is 1. The molecule has 0 fully saturated rings. The Kier molecular flexibility index (Phi) is 5.98. The van der Waals surface area contributed by atoms with E-state index in [0.717, 1.165) is 27.7 Å². The average molecular weight is 426 g/mol. The summed E-state index contributed by atoms with van der Waals surface area (Å²) in [6.07, 6.45) is 3.23. The third-order valence-electron chi connectivity index (χ3n) is 5.07. The monoisotopic (exact) mass is 426 g/mol. The summed E-state index contributed by atoms with van der Waals surface area (Å²) in [7, 11) is 0. The van der Waals surface area contributed by atoms with Crippen molar-refractivity contribution in [2.45, 2.75) is 13.5 Å². The minimum atomic E-state index is -0.344. The predicted molar refractivity (Wildman–Crippen MR) is 125 cm³/mol. The van der Waals surface area contributed by atoms with Crippen molar-refractivity contribution >= 4 is 34.6 Å². The standard InChI is InChI=1S/C25H22N4O3/c1-17(30)29-16-20(22-7-3-4-8-23(22)29)15-27-28-25(32)18-10-12-21(13-11-18)26-14-19-6-2-5-9-24(19)31/h2-13,15-16,26,31H,14H2,1H3,(H,28,32)/b27-15+. The third kappa shape index (κ3) is 4.52. The van der Waals surface area contributed by atoms with Gasteiger partial charge in [-0.1, -0.05) is 36.4 Å². The van der Waals surface area contributed by atoms with Gasteiger partial charge in [0.2, 0.25) is 5.91 Å². The fraction of sp³-hybridized carbons (Fsp3) is 0.0800. The van der Waals surface area contributed by atoms with Gasteiger partial charge in [-0.2, -0.15) is 5.10 Å². The molecule has 7 heteroatoms. The van der Waals surface area contributed by atoms with Gasteiger partial charge in [0.15, 0.2) is 0 Å². The van der Waals surface area contributed by atoms with Gasteiger partial charge < -0.3 is 10.4 Å². The zero-order valence-electron chi connectivity index (χ0n) is 17.4. The molecule has 0 bridgehead atoms. The van der Waals surface area contributed by atoms with Crippen molar-refractivity contribution in [2.75, 3.05) is 5.32 Å². The van der Waals surface area contributed by atoms with Gasteiger partial charge in [-0.15, -0.1) is 0 Å². The first kappa shape index (κ1) is 20.9. The molecule has 0 aliphatic rings. The second kappa shape index (κ2) is 9.18. The first-order valence-corrected chi connectivity index (χ1v) is 10.1. The number of carbonyl (C=O) groups is 2. The number of hydrogen-bond acceptors (Lipinski definition) is 5. The van der Waals surface area contributed by atoms with Crippen molar-refractivity contribution in [3.05, 3.63) is 95.7 Å². The van der Waals surface area contributed by atoms with Crippen LogP contribution in [0.25, 0.3) is 10.9 Å². The van der Waals surface area contributed by atoms with Crippen LogP contribution in [-0.4, -0.2) is 27.7 Å². The van der Waals surface area contributed by atoms with Crippen LogP contribution in [0.4, 0.5) is 5.69 Å². The minimum Gasteiger partial charge on any atom is -0.508 e. The highest BCUT2D eigenvalue weighted by atomic mass is 16.3. The van der Waals surface area contributed by atoms with Crippen LogP contribution in [0.3, 0.4) is 0 Å². The van der Waals surface area contributed by atoms with E-state index < -0.39 is 0 Å². The Morgan fingerprint density at radius 2 is 1.72 bits per heavy atom. The van der Waals surface area contributed by atoms with Crippen molar-refractivity contribution in [2.24, 2.45) is 5.10 Å². The highest BCUT2D eigenvalue weighted by molar-refractivity contribution is 6.03. The summed E-state index contributed by atoms with van der Waals surface area (Å²) in [5, 5.41) is 18.0. The number of para-hydroxylation sites is 2. The summed E-state index contributed by atoms with van der Waals surface area (Å²) < 4.78 is 1.55. The van der Waals surface area contributed by atoms with Crippen LogP contribution >= 0.6 is 0 Å². The van der Waals surface area contributed by atoms with Crippen LogP contribution in [0.2, 0.25) is 0 Å². The number of phenols is 1. The fourth-order valence-corrected chi connectivity index (χ4v) is 3.39. The molecule has 0 aliphatic heterocycles. The van der Waals surface area contributed by atoms with E-state index in [9.17, 15) is 14.7 Å². The molecule has 4 aromatic rings. The third-order valence-corrected chi connectivity index (χ3v) is 5.07. The Balaban J connectivity index is 1.39. The number of nitrogens with one attached hydrogen (secondary N) is 2. The number of anilines is 1. The second-order valence-electron chi connectivity index (χ2n) is 7.25. The number of hydrazone groups is 1. The molecule has 0 spiro atoms. The highest BCUT2D eigenvalue weighted by Crippen LogP contribution is 2.20. The van der Waals surface area contributed by atoms with Crippen LogP contribution in [-0.2, 0) is 6.54 Å². The molecule has 1 heterocycles. The summed E-state index contributed by atoms with van der Waals surface area (Å²) in [5.41, 5.74) is 6.12. The van der Waals surface area contributed by atoms with Crippen LogP contribution in [0.1, 0.15) is 33.2 Å². The van der Waals surface area contributed by atoms with Gasteiger partial charge in [0.25, 0.3) is 5.91 Å². The molecule has 0 saturated heterocycles. The smallest absolute Gasteiger partial charge is 0.271 e. The average Bonchev–Trinajstić information content (AvgIpc) is 3.18. The highest BCUT2D eigenvalue weighted by Gasteiger charge is 2.09. The maximum absolute atomic E-state index is 12.4. The first-order chi connectivity index (χ1) is 15.5. The van der Waals surface area contributed by atoms with E-state index in [1.807, 2.05) is 36.4 Å². The summed E-state index contributed by atoms with van der Waals surface area (Å²) in [6, 6.07) is 21.6. The van der Waals surface area contributed by atoms with Crippen LogP contribution < -0.4 is 10.7 Å². The van der Waals surface area contributed by atoms with Crippen molar-refractivity contribution in [1.29, 1.82) is 0 Å². The Bertz CT molecular complexity index is 1310. The van der Waals surface area contributed by atoms with Crippen LogP contribution in [0, 0.1) is 0 Å². The van der Waals surface area contributed by atoms with Crippen LogP contribution in [0.5, 0.6) is 5.75 Å². The van der Waals surface area contributed by atoms with E-state index in [4.69, 9.17) is 0 Å². The van der Waals surface area contributed by atoms with Crippen molar-refractivity contribution < 1.29 is 14.7 Å². The Hall–Kier alpha value is -4.39. The molecule has 1 amide bonds. The molecule has 3 N–H and O–H groups in total. The molecule has 32 heavy (non-hydrogen) atoms. The molecule has 160 valence electrons. The Morgan fingerprint density at radius 3 is 2.47 bits per heavy atom. The lowest BCUT2D eigenvalue weighted by atomic mass is 10.1. The molecular weight excluding hydrogens is 404 g/mol.